The van der Waals surface area contributed by atoms with Gasteiger partial charge in [0.2, 0.25) is 0 Å². The molecule has 2 heterocycles. The Bertz CT molecular complexity index is 1020. The lowest BCUT2D eigenvalue weighted by molar-refractivity contribution is 0.483. The summed E-state index contributed by atoms with van der Waals surface area (Å²) in [6.45, 7) is 0.629. The van der Waals surface area contributed by atoms with Gasteiger partial charge in [-0.15, -0.1) is 0 Å². The molecular weight excluding hydrogens is 358 g/mol. The predicted octanol–water partition coefficient (Wildman–Crippen LogP) is 4.19. The fourth-order valence-electron chi connectivity index (χ4n) is 3.85. The monoisotopic (exact) mass is 383 g/mol. The van der Waals surface area contributed by atoms with Crippen molar-refractivity contribution >= 4 is 21.2 Å². The Morgan fingerprint density at radius 2 is 1.93 bits per heavy atom. The number of aromatic nitrogens is 2. The third-order valence-corrected chi connectivity index (χ3v) is 7.55. The summed E-state index contributed by atoms with van der Waals surface area (Å²) in [5.74, 6) is 0.128. The van der Waals surface area contributed by atoms with Crippen molar-refractivity contribution in [2.75, 3.05) is 5.32 Å². The van der Waals surface area contributed by atoms with Crippen molar-refractivity contribution in [3.63, 3.8) is 0 Å². The second-order valence-electron chi connectivity index (χ2n) is 7.30. The van der Waals surface area contributed by atoms with Crippen LogP contribution in [0.15, 0.2) is 54.9 Å². The van der Waals surface area contributed by atoms with E-state index >= 15 is 0 Å². The topological polar surface area (TPSA) is 63.5 Å². The zero-order valence-corrected chi connectivity index (χ0v) is 16.2. The lowest BCUT2D eigenvalue weighted by atomic mass is 10.0. The Hall–Kier alpha value is -2.34. The molecule has 0 atom stereocenters. The molecule has 1 aromatic carbocycles. The van der Waals surface area contributed by atoms with Crippen LogP contribution in [0.25, 0.3) is 5.65 Å². The summed E-state index contributed by atoms with van der Waals surface area (Å²) in [5, 5.41) is 3.22. The van der Waals surface area contributed by atoms with E-state index in [1.165, 1.54) is 0 Å². The third kappa shape index (κ3) is 4.16. The van der Waals surface area contributed by atoms with Crippen molar-refractivity contribution in [1.82, 2.24) is 9.38 Å². The number of hydrogen-bond acceptors (Lipinski definition) is 4. The maximum atomic E-state index is 12.7. The first-order chi connectivity index (χ1) is 13.1. The van der Waals surface area contributed by atoms with Crippen LogP contribution in [-0.2, 0) is 22.1 Å². The van der Waals surface area contributed by atoms with Gasteiger partial charge in [0.15, 0.2) is 9.84 Å². The highest BCUT2D eigenvalue weighted by molar-refractivity contribution is 7.91. The highest BCUT2D eigenvalue weighted by atomic mass is 32.2. The van der Waals surface area contributed by atoms with E-state index in [-0.39, 0.29) is 11.0 Å². The largest absolute Gasteiger partial charge is 0.379 e. The van der Waals surface area contributed by atoms with Gasteiger partial charge in [-0.3, -0.25) is 0 Å². The number of pyridine rings is 1. The predicted molar refractivity (Wildman–Crippen MR) is 108 cm³/mol. The third-order valence-electron chi connectivity index (χ3n) is 5.32. The lowest BCUT2D eigenvalue weighted by Crippen LogP contribution is -2.25. The summed E-state index contributed by atoms with van der Waals surface area (Å²) in [7, 11) is -3.08. The van der Waals surface area contributed by atoms with E-state index in [1.807, 2.05) is 59.3 Å². The number of hydrogen-bond donors (Lipinski definition) is 1. The van der Waals surface area contributed by atoms with Crippen molar-refractivity contribution in [2.24, 2.45) is 0 Å². The van der Waals surface area contributed by atoms with E-state index in [4.69, 9.17) is 0 Å². The molecule has 142 valence electrons. The molecule has 27 heavy (non-hydrogen) atoms. The Balaban J connectivity index is 1.44. The van der Waals surface area contributed by atoms with Crippen LogP contribution in [0.3, 0.4) is 0 Å². The zero-order chi connectivity index (χ0) is 18.7. The standard InChI is InChI=1S/C21H25N3O2S/c25-27(26,20-9-2-1-3-10-20)16-17-7-6-8-18(13-17)22-14-19-15-23-21-11-4-5-12-24(19)21/h4-8,11-13,15,20,22H,1-3,9-10,14,16H2. The van der Waals surface area contributed by atoms with Crippen LogP contribution < -0.4 is 5.32 Å². The van der Waals surface area contributed by atoms with Crippen LogP contribution in [0.2, 0.25) is 0 Å². The lowest BCUT2D eigenvalue weighted by Gasteiger charge is -2.21. The first-order valence-electron chi connectivity index (χ1n) is 9.57. The van der Waals surface area contributed by atoms with Crippen LogP contribution in [-0.4, -0.2) is 23.1 Å². The molecule has 6 heteroatoms. The number of imidazole rings is 1. The first kappa shape index (κ1) is 18.0. The summed E-state index contributed by atoms with van der Waals surface area (Å²) in [5.41, 5.74) is 3.76. The normalized spacial score (nSPS) is 15.9. The van der Waals surface area contributed by atoms with Gasteiger partial charge in [0.25, 0.3) is 0 Å². The number of nitrogens with zero attached hydrogens (tertiary/aromatic N) is 2. The molecule has 0 spiro atoms. The number of rotatable bonds is 6. The molecule has 1 N–H and O–H groups in total. The van der Waals surface area contributed by atoms with Crippen LogP contribution in [0.5, 0.6) is 0 Å². The van der Waals surface area contributed by atoms with Crippen LogP contribution in [0.1, 0.15) is 43.4 Å². The summed E-state index contributed by atoms with van der Waals surface area (Å²) >= 11 is 0. The summed E-state index contributed by atoms with van der Waals surface area (Å²) < 4.78 is 27.5. The van der Waals surface area contributed by atoms with Crippen LogP contribution >= 0.6 is 0 Å². The molecule has 1 fully saturated rings. The van der Waals surface area contributed by atoms with E-state index in [1.54, 1.807) is 0 Å². The fourth-order valence-corrected chi connectivity index (χ4v) is 5.79. The molecule has 0 unspecified atom stereocenters. The molecule has 2 aromatic heterocycles. The molecule has 1 saturated carbocycles. The average Bonchev–Trinajstić information content (AvgIpc) is 3.10. The Labute approximate surface area is 160 Å². The molecule has 4 rings (SSSR count). The van der Waals surface area contributed by atoms with Gasteiger partial charge in [-0.2, -0.15) is 0 Å². The van der Waals surface area contributed by atoms with Crippen LogP contribution in [0.4, 0.5) is 5.69 Å². The number of nitrogens with one attached hydrogen (secondary N) is 1. The van der Waals surface area contributed by atoms with Gasteiger partial charge in [0.05, 0.1) is 29.4 Å². The van der Waals surface area contributed by atoms with Gasteiger partial charge in [-0.05, 0) is 42.7 Å². The summed E-state index contributed by atoms with van der Waals surface area (Å²) in [6, 6.07) is 13.7. The SMILES string of the molecule is O=S(=O)(Cc1cccc(NCc2cnc3ccccn23)c1)C1CCCCC1. The van der Waals surface area contributed by atoms with Gasteiger partial charge in [0, 0.05) is 11.9 Å². The zero-order valence-electron chi connectivity index (χ0n) is 15.3. The van der Waals surface area contributed by atoms with Gasteiger partial charge >= 0.3 is 0 Å². The minimum Gasteiger partial charge on any atom is -0.379 e. The van der Waals surface area contributed by atoms with E-state index in [0.717, 1.165) is 54.7 Å². The van der Waals surface area contributed by atoms with Crippen molar-refractivity contribution in [3.05, 3.63) is 66.1 Å². The van der Waals surface area contributed by atoms with E-state index < -0.39 is 9.84 Å². The molecule has 1 aliphatic rings. The Morgan fingerprint density at radius 3 is 2.78 bits per heavy atom. The smallest absolute Gasteiger partial charge is 0.157 e. The van der Waals surface area contributed by atoms with Crippen molar-refractivity contribution in [1.29, 1.82) is 0 Å². The maximum absolute atomic E-state index is 12.7. The molecule has 0 saturated heterocycles. The minimum absolute atomic E-state index is 0.128. The highest BCUT2D eigenvalue weighted by Gasteiger charge is 2.27. The molecule has 0 radical (unpaired) electrons. The molecule has 0 bridgehead atoms. The fraction of sp³-hybridized carbons (Fsp3) is 0.381. The van der Waals surface area contributed by atoms with Crippen molar-refractivity contribution in [3.8, 4) is 0 Å². The summed E-state index contributed by atoms with van der Waals surface area (Å²) in [4.78, 5) is 4.39. The quantitative estimate of drug-likeness (QED) is 0.693. The van der Waals surface area contributed by atoms with E-state index in [0.29, 0.717) is 6.54 Å². The van der Waals surface area contributed by atoms with Gasteiger partial charge in [-0.1, -0.05) is 37.5 Å². The molecule has 3 aromatic rings. The van der Waals surface area contributed by atoms with Crippen molar-refractivity contribution < 1.29 is 8.42 Å². The van der Waals surface area contributed by atoms with Gasteiger partial charge in [-0.25, -0.2) is 13.4 Å². The number of benzene rings is 1. The van der Waals surface area contributed by atoms with Gasteiger partial charge in [0.1, 0.15) is 5.65 Å². The second kappa shape index (κ2) is 7.72. The van der Waals surface area contributed by atoms with Crippen molar-refractivity contribution in [2.45, 2.75) is 49.7 Å². The Kier molecular flexibility index (Phi) is 5.16. The molecule has 5 nitrogen and oxygen atoms in total. The number of fused-ring (bicyclic) bond motifs is 1. The maximum Gasteiger partial charge on any atom is 0.157 e. The number of anilines is 1. The molecule has 0 aliphatic heterocycles. The first-order valence-corrected chi connectivity index (χ1v) is 11.3. The summed E-state index contributed by atoms with van der Waals surface area (Å²) in [6.07, 6.45) is 8.71. The van der Waals surface area contributed by atoms with E-state index in [9.17, 15) is 8.42 Å². The molecule has 0 amide bonds. The van der Waals surface area contributed by atoms with Gasteiger partial charge < -0.3 is 9.72 Å². The average molecular weight is 384 g/mol. The molecular formula is C21H25N3O2S. The van der Waals surface area contributed by atoms with E-state index in [2.05, 4.69) is 10.3 Å². The highest BCUT2D eigenvalue weighted by Crippen LogP contribution is 2.26. The van der Waals surface area contributed by atoms with Crippen LogP contribution in [0, 0.1) is 0 Å². The molecule has 1 aliphatic carbocycles. The Morgan fingerprint density at radius 1 is 1.07 bits per heavy atom. The minimum atomic E-state index is -3.08. The number of sulfone groups is 1. The second-order valence-corrected chi connectivity index (χ2v) is 9.58.